The molecule has 0 aliphatic heterocycles. The van der Waals surface area contributed by atoms with Crippen molar-refractivity contribution >= 4 is 15.9 Å². The second-order valence-corrected chi connectivity index (χ2v) is 9.27. The summed E-state index contributed by atoms with van der Waals surface area (Å²) in [5, 5.41) is 2.90. The number of aryl methyl sites for hydroxylation is 2. The van der Waals surface area contributed by atoms with Crippen LogP contribution in [0.2, 0.25) is 0 Å². The van der Waals surface area contributed by atoms with Gasteiger partial charge in [0.2, 0.25) is 15.9 Å². The maximum atomic E-state index is 13.2. The Morgan fingerprint density at radius 3 is 2.36 bits per heavy atom. The molecule has 0 aliphatic rings. The second-order valence-electron chi connectivity index (χ2n) is 7.33. The summed E-state index contributed by atoms with van der Waals surface area (Å²) in [4.78, 5) is 12.7. The highest BCUT2D eigenvalue weighted by molar-refractivity contribution is 7.89. The van der Waals surface area contributed by atoms with E-state index in [1.165, 1.54) is 4.31 Å². The Labute approximate surface area is 168 Å². The predicted octanol–water partition coefficient (Wildman–Crippen LogP) is 3.80. The van der Waals surface area contributed by atoms with Gasteiger partial charge in [0.25, 0.3) is 0 Å². The molecule has 28 heavy (non-hydrogen) atoms. The van der Waals surface area contributed by atoms with Crippen LogP contribution in [0.1, 0.15) is 43.4 Å². The summed E-state index contributed by atoms with van der Waals surface area (Å²) >= 11 is 0. The zero-order valence-corrected chi connectivity index (χ0v) is 17.9. The molecule has 2 aromatic rings. The van der Waals surface area contributed by atoms with Gasteiger partial charge >= 0.3 is 0 Å². The molecule has 0 aliphatic carbocycles. The summed E-state index contributed by atoms with van der Waals surface area (Å²) in [6.45, 7) is 7.78. The summed E-state index contributed by atoms with van der Waals surface area (Å²) in [6, 6.07) is 14.4. The van der Waals surface area contributed by atoms with Crippen LogP contribution < -0.4 is 5.32 Å². The van der Waals surface area contributed by atoms with Gasteiger partial charge in [-0.2, -0.15) is 4.31 Å². The summed E-state index contributed by atoms with van der Waals surface area (Å²) in [7, 11) is -3.80. The maximum Gasteiger partial charge on any atom is 0.243 e. The van der Waals surface area contributed by atoms with Crippen LogP contribution in [0, 0.1) is 13.8 Å². The van der Waals surface area contributed by atoms with E-state index in [0.717, 1.165) is 29.5 Å². The van der Waals surface area contributed by atoms with Gasteiger partial charge in [-0.3, -0.25) is 4.79 Å². The number of amides is 1. The fourth-order valence-corrected chi connectivity index (χ4v) is 4.47. The van der Waals surface area contributed by atoms with Crippen molar-refractivity contribution < 1.29 is 13.2 Å². The van der Waals surface area contributed by atoms with Crippen LogP contribution in [0.25, 0.3) is 0 Å². The highest BCUT2D eigenvalue weighted by Gasteiger charge is 2.27. The molecular weight excluding hydrogens is 372 g/mol. The van der Waals surface area contributed by atoms with E-state index in [2.05, 4.69) is 12.2 Å². The van der Waals surface area contributed by atoms with Gasteiger partial charge in [-0.1, -0.05) is 60.9 Å². The Hall–Kier alpha value is -2.18. The van der Waals surface area contributed by atoms with Crippen LogP contribution >= 0.6 is 0 Å². The lowest BCUT2D eigenvalue weighted by atomic mass is 10.1. The number of sulfonamides is 1. The maximum absolute atomic E-state index is 13.2. The van der Waals surface area contributed by atoms with Crippen molar-refractivity contribution in [1.82, 2.24) is 9.62 Å². The predicted molar refractivity (Wildman–Crippen MR) is 112 cm³/mol. The first-order valence-electron chi connectivity index (χ1n) is 9.64. The minimum Gasteiger partial charge on any atom is -0.353 e. The normalized spacial score (nSPS) is 12.8. The highest BCUT2D eigenvalue weighted by Crippen LogP contribution is 2.19. The van der Waals surface area contributed by atoms with Crippen molar-refractivity contribution in [3.63, 3.8) is 0 Å². The standard InChI is InChI=1S/C22H30N2O3S/c1-5-7-19(4)23-22(25)16-24(15-20-9-6-8-18(3)14-20)28(26,27)21-12-10-17(2)11-13-21/h6,8-14,19H,5,7,15-16H2,1-4H3,(H,23,25)/t19-/m1/s1. The number of carbonyl (C=O) groups is 1. The smallest absolute Gasteiger partial charge is 0.243 e. The molecule has 1 atom stereocenters. The molecule has 0 fully saturated rings. The first-order chi connectivity index (χ1) is 13.2. The molecule has 0 aromatic heterocycles. The minimum atomic E-state index is -3.80. The molecule has 0 heterocycles. The van der Waals surface area contributed by atoms with Gasteiger partial charge in [0.05, 0.1) is 11.4 Å². The summed E-state index contributed by atoms with van der Waals surface area (Å²) in [5.41, 5.74) is 2.88. The van der Waals surface area contributed by atoms with Crippen LogP contribution in [0.5, 0.6) is 0 Å². The quantitative estimate of drug-likeness (QED) is 0.694. The van der Waals surface area contributed by atoms with Crippen LogP contribution in [-0.4, -0.2) is 31.2 Å². The van der Waals surface area contributed by atoms with Gasteiger partial charge in [-0.05, 0) is 44.9 Å². The minimum absolute atomic E-state index is 0.0143. The zero-order valence-electron chi connectivity index (χ0n) is 17.1. The van der Waals surface area contributed by atoms with E-state index in [0.29, 0.717) is 0 Å². The summed E-state index contributed by atoms with van der Waals surface area (Å²) in [6.07, 6.45) is 1.81. The van der Waals surface area contributed by atoms with Crippen molar-refractivity contribution in [1.29, 1.82) is 0 Å². The monoisotopic (exact) mass is 402 g/mol. The highest BCUT2D eigenvalue weighted by atomic mass is 32.2. The Morgan fingerprint density at radius 1 is 1.07 bits per heavy atom. The molecule has 152 valence electrons. The van der Waals surface area contributed by atoms with Crippen LogP contribution in [0.3, 0.4) is 0 Å². The first kappa shape index (κ1) is 22.1. The molecule has 1 amide bonds. The van der Waals surface area contributed by atoms with Crippen molar-refractivity contribution in [2.24, 2.45) is 0 Å². The van der Waals surface area contributed by atoms with E-state index in [1.807, 2.05) is 45.0 Å². The van der Waals surface area contributed by atoms with E-state index in [-0.39, 0.29) is 29.9 Å². The second kappa shape index (κ2) is 9.85. The average molecular weight is 403 g/mol. The molecule has 6 heteroatoms. The molecule has 2 rings (SSSR count). The number of nitrogens with zero attached hydrogens (tertiary/aromatic N) is 1. The fourth-order valence-electron chi connectivity index (χ4n) is 3.09. The largest absolute Gasteiger partial charge is 0.353 e. The van der Waals surface area contributed by atoms with Crippen molar-refractivity contribution in [3.8, 4) is 0 Å². The lowest BCUT2D eigenvalue weighted by Gasteiger charge is -2.23. The Balaban J connectivity index is 2.29. The van der Waals surface area contributed by atoms with Gasteiger partial charge in [0, 0.05) is 12.6 Å². The Bertz CT molecular complexity index is 892. The van der Waals surface area contributed by atoms with Crippen molar-refractivity contribution in [2.45, 2.75) is 58.0 Å². The molecule has 0 saturated carbocycles. The molecule has 1 N–H and O–H groups in total. The third-order valence-corrected chi connectivity index (χ3v) is 6.36. The lowest BCUT2D eigenvalue weighted by Crippen LogP contribution is -2.43. The number of benzene rings is 2. The topological polar surface area (TPSA) is 66.5 Å². The molecule has 5 nitrogen and oxygen atoms in total. The van der Waals surface area contributed by atoms with Gasteiger partial charge in [0.15, 0.2) is 0 Å². The van der Waals surface area contributed by atoms with Crippen molar-refractivity contribution in [2.75, 3.05) is 6.54 Å². The molecule has 0 saturated heterocycles. The number of carbonyl (C=O) groups excluding carboxylic acids is 1. The zero-order chi connectivity index (χ0) is 20.7. The van der Waals surface area contributed by atoms with Gasteiger partial charge in [0.1, 0.15) is 0 Å². The van der Waals surface area contributed by atoms with Gasteiger partial charge in [-0.15, -0.1) is 0 Å². The fraction of sp³-hybridized carbons (Fsp3) is 0.409. The van der Waals surface area contributed by atoms with E-state index in [1.54, 1.807) is 24.3 Å². The van der Waals surface area contributed by atoms with Gasteiger partial charge in [-0.25, -0.2) is 8.42 Å². The summed E-state index contributed by atoms with van der Waals surface area (Å²) < 4.78 is 27.7. The van der Waals surface area contributed by atoms with Crippen LogP contribution in [0.4, 0.5) is 0 Å². The molecule has 0 bridgehead atoms. The molecular formula is C22H30N2O3S. The third-order valence-electron chi connectivity index (χ3n) is 4.55. The molecule has 0 unspecified atom stereocenters. The Morgan fingerprint density at radius 2 is 1.75 bits per heavy atom. The van der Waals surface area contributed by atoms with Gasteiger partial charge < -0.3 is 5.32 Å². The summed E-state index contributed by atoms with van der Waals surface area (Å²) in [5.74, 6) is -0.288. The van der Waals surface area contributed by atoms with E-state index in [9.17, 15) is 13.2 Å². The molecule has 0 radical (unpaired) electrons. The number of rotatable bonds is 9. The first-order valence-corrected chi connectivity index (χ1v) is 11.1. The third kappa shape index (κ3) is 6.17. The Kier molecular flexibility index (Phi) is 7.78. The number of hydrogen-bond donors (Lipinski definition) is 1. The van der Waals surface area contributed by atoms with Crippen LogP contribution in [0.15, 0.2) is 53.4 Å². The van der Waals surface area contributed by atoms with E-state index in [4.69, 9.17) is 0 Å². The van der Waals surface area contributed by atoms with Crippen LogP contribution in [-0.2, 0) is 21.4 Å². The van der Waals surface area contributed by atoms with E-state index < -0.39 is 10.0 Å². The SMILES string of the molecule is CCC[C@@H](C)NC(=O)CN(Cc1cccc(C)c1)S(=O)(=O)c1ccc(C)cc1. The lowest BCUT2D eigenvalue weighted by molar-refractivity contribution is -0.122. The van der Waals surface area contributed by atoms with E-state index >= 15 is 0 Å². The average Bonchev–Trinajstić information content (AvgIpc) is 2.61. The molecule has 0 spiro atoms. The van der Waals surface area contributed by atoms with Crippen molar-refractivity contribution in [3.05, 3.63) is 65.2 Å². The molecule has 2 aromatic carbocycles. The number of nitrogens with one attached hydrogen (secondary N) is 1. The number of hydrogen-bond acceptors (Lipinski definition) is 3.